The summed E-state index contributed by atoms with van der Waals surface area (Å²) in [7, 11) is 0. The maximum Gasteiger partial charge on any atom is 0.119 e. The Labute approximate surface area is 133 Å². The third-order valence-corrected chi connectivity index (χ3v) is 4.44. The van der Waals surface area contributed by atoms with Crippen molar-refractivity contribution < 1.29 is 4.74 Å². The first-order chi connectivity index (χ1) is 10.2. The molecule has 0 spiro atoms. The first-order valence-electron chi connectivity index (χ1n) is 7.63. The molecule has 2 aromatic rings. The second-order valence-electron chi connectivity index (χ2n) is 5.48. The lowest BCUT2D eigenvalue weighted by Crippen LogP contribution is -2.12. The van der Waals surface area contributed by atoms with Gasteiger partial charge in [-0.1, -0.05) is 56.3 Å². The summed E-state index contributed by atoms with van der Waals surface area (Å²) in [5.41, 5.74) is 2.65. The first kappa shape index (κ1) is 16.0. The van der Waals surface area contributed by atoms with Crippen LogP contribution >= 0.6 is 12.6 Å². The molecule has 0 aromatic heterocycles. The van der Waals surface area contributed by atoms with Crippen LogP contribution in [0, 0.1) is 0 Å². The van der Waals surface area contributed by atoms with E-state index in [2.05, 4.69) is 75.0 Å². The van der Waals surface area contributed by atoms with Crippen molar-refractivity contribution in [1.29, 1.82) is 0 Å². The van der Waals surface area contributed by atoms with Crippen LogP contribution in [0.15, 0.2) is 54.6 Å². The molecule has 2 unspecified atom stereocenters. The van der Waals surface area contributed by atoms with Crippen LogP contribution in [0.4, 0.5) is 0 Å². The van der Waals surface area contributed by atoms with Gasteiger partial charge in [0.05, 0.1) is 6.61 Å². The third kappa shape index (κ3) is 4.53. The Kier molecular flexibility index (Phi) is 6.19. The van der Waals surface area contributed by atoms with E-state index in [9.17, 15) is 0 Å². The molecule has 0 amide bonds. The second-order valence-corrected chi connectivity index (χ2v) is 5.84. The molecule has 1 nitrogen and oxygen atoms in total. The maximum absolute atomic E-state index is 5.93. The molecule has 0 N–H and O–H groups in total. The Hall–Kier alpha value is -1.41. The molecule has 0 radical (unpaired) electrons. The summed E-state index contributed by atoms with van der Waals surface area (Å²) in [6.45, 7) is 5.13. The average Bonchev–Trinajstić information content (AvgIpc) is 2.56. The van der Waals surface area contributed by atoms with Crippen LogP contribution in [-0.2, 0) is 0 Å². The number of hydrogen-bond acceptors (Lipinski definition) is 2. The van der Waals surface area contributed by atoms with Crippen molar-refractivity contribution in [1.82, 2.24) is 0 Å². The van der Waals surface area contributed by atoms with Gasteiger partial charge in [0.2, 0.25) is 0 Å². The second kappa shape index (κ2) is 8.14. The molecular weight excluding hydrogens is 276 g/mol. The van der Waals surface area contributed by atoms with E-state index in [1.807, 2.05) is 6.07 Å². The van der Waals surface area contributed by atoms with Crippen LogP contribution in [0.5, 0.6) is 5.75 Å². The lowest BCUT2D eigenvalue weighted by atomic mass is 9.99. The summed E-state index contributed by atoms with van der Waals surface area (Å²) in [6.07, 6.45) is 1.16. The highest BCUT2D eigenvalue weighted by Crippen LogP contribution is 2.23. The average molecular weight is 300 g/mol. The standard InChI is InChI=1S/C19H24OS/c1-3-15(2)16-9-11-19(12-10-16)20-13-18(14-21)17-7-5-4-6-8-17/h4-12,15,18,21H,3,13-14H2,1-2H3. The largest absolute Gasteiger partial charge is 0.493 e. The third-order valence-electron chi connectivity index (χ3n) is 4.00. The van der Waals surface area contributed by atoms with Crippen LogP contribution < -0.4 is 4.74 Å². The molecule has 2 aromatic carbocycles. The van der Waals surface area contributed by atoms with Crippen molar-refractivity contribution in [3.63, 3.8) is 0 Å². The number of hydrogen-bond donors (Lipinski definition) is 1. The van der Waals surface area contributed by atoms with E-state index in [1.165, 1.54) is 11.1 Å². The van der Waals surface area contributed by atoms with Crippen molar-refractivity contribution in [2.24, 2.45) is 0 Å². The minimum Gasteiger partial charge on any atom is -0.493 e. The van der Waals surface area contributed by atoms with Gasteiger partial charge in [-0.25, -0.2) is 0 Å². The summed E-state index contributed by atoms with van der Waals surface area (Å²) in [6, 6.07) is 18.9. The molecule has 112 valence electrons. The fourth-order valence-electron chi connectivity index (χ4n) is 2.30. The molecule has 2 rings (SSSR count). The zero-order chi connectivity index (χ0) is 15.1. The van der Waals surface area contributed by atoms with Gasteiger partial charge >= 0.3 is 0 Å². The molecule has 0 fully saturated rings. The Morgan fingerprint density at radius 2 is 1.62 bits per heavy atom. The van der Waals surface area contributed by atoms with E-state index in [-0.39, 0.29) is 0 Å². The number of thiol groups is 1. The molecule has 0 aliphatic heterocycles. The highest BCUT2D eigenvalue weighted by atomic mass is 32.1. The topological polar surface area (TPSA) is 9.23 Å². The van der Waals surface area contributed by atoms with Crippen LogP contribution in [-0.4, -0.2) is 12.4 Å². The van der Waals surface area contributed by atoms with Gasteiger partial charge in [-0.15, -0.1) is 0 Å². The Balaban J connectivity index is 1.95. The predicted molar refractivity (Wildman–Crippen MR) is 93.7 cm³/mol. The van der Waals surface area contributed by atoms with Gasteiger partial charge in [0.25, 0.3) is 0 Å². The summed E-state index contributed by atoms with van der Waals surface area (Å²) in [4.78, 5) is 0. The first-order valence-corrected chi connectivity index (χ1v) is 8.26. The summed E-state index contributed by atoms with van der Waals surface area (Å²) >= 11 is 4.45. The maximum atomic E-state index is 5.93. The van der Waals surface area contributed by atoms with E-state index < -0.39 is 0 Å². The normalized spacial score (nSPS) is 13.7. The van der Waals surface area contributed by atoms with Gasteiger partial charge in [-0.2, -0.15) is 12.6 Å². The molecule has 2 heteroatoms. The van der Waals surface area contributed by atoms with Gasteiger partial charge in [-0.3, -0.25) is 0 Å². The highest BCUT2D eigenvalue weighted by molar-refractivity contribution is 7.80. The zero-order valence-electron chi connectivity index (χ0n) is 12.8. The van der Waals surface area contributed by atoms with Crippen molar-refractivity contribution in [3.05, 3.63) is 65.7 Å². The van der Waals surface area contributed by atoms with E-state index in [0.717, 1.165) is 17.9 Å². The van der Waals surface area contributed by atoms with E-state index in [0.29, 0.717) is 18.4 Å². The molecule has 0 heterocycles. The van der Waals surface area contributed by atoms with Crippen molar-refractivity contribution in [2.45, 2.75) is 32.1 Å². The minimum atomic E-state index is 0.323. The number of ether oxygens (including phenoxy) is 1. The van der Waals surface area contributed by atoms with Crippen LogP contribution in [0.1, 0.15) is 43.2 Å². The molecular formula is C19H24OS. The van der Waals surface area contributed by atoms with Crippen LogP contribution in [0.3, 0.4) is 0 Å². The van der Waals surface area contributed by atoms with Gasteiger partial charge in [0.1, 0.15) is 5.75 Å². The van der Waals surface area contributed by atoms with E-state index >= 15 is 0 Å². The van der Waals surface area contributed by atoms with Gasteiger partial charge in [0.15, 0.2) is 0 Å². The Morgan fingerprint density at radius 3 is 2.19 bits per heavy atom. The van der Waals surface area contributed by atoms with Gasteiger partial charge in [0, 0.05) is 11.7 Å². The fraction of sp³-hybridized carbons (Fsp3) is 0.368. The molecule has 0 saturated carbocycles. The van der Waals surface area contributed by atoms with E-state index in [4.69, 9.17) is 4.74 Å². The highest BCUT2D eigenvalue weighted by Gasteiger charge is 2.10. The fourth-order valence-corrected chi connectivity index (χ4v) is 2.62. The molecule has 2 atom stereocenters. The number of benzene rings is 2. The molecule has 0 bridgehead atoms. The molecule has 0 saturated heterocycles. The monoisotopic (exact) mass is 300 g/mol. The van der Waals surface area contributed by atoms with Crippen LogP contribution in [0.2, 0.25) is 0 Å². The van der Waals surface area contributed by atoms with E-state index in [1.54, 1.807) is 0 Å². The van der Waals surface area contributed by atoms with Crippen LogP contribution in [0.25, 0.3) is 0 Å². The minimum absolute atomic E-state index is 0.323. The summed E-state index contributed by atoms with van der Waals surface area (Å²) in [5, 5.41) is 0. The van der Waals surface area contributed by atoms with Crippen molar-refractivity contribution >= 4 is 12.6 Å². The Bertz CT molecular complexity index is 521. The van der Waals surface area contributed by atoms with Gasteiger partial charge < -0.3 is 4.74 Å². The van der Waals surface area contributed by atoms with Crippen molar-refractivity contribution in [3.8, 4) is 5.75 Å². The number of rotatable bonds is 7. The Morgan fingerprint density at radius 1 is 0.952 bits per heavy atom. The van der Waals surface area contributed by atoms with Gasteiger partial charge in [-0.05, 0) is 35.6 Å². The summed E-state index contributed by atoms with van der Waals surface area (Å²) in [5.74, 6) is 2.65. The smallest absolute Gasteiger partial charge is 0.119 e. The quantitative estimate of drug-likeness (QED) is 0.683. The summed E-state index contributed by atoms with van der Waals surface area (Å²) < 4.78 is 5.93. The molecule has 0 aliphatic carbocycles. The zero-order valence-corrected chi connectivity index (χ0v) is 13.7. The predicted octanol–water partition coefficient (Wildman–Crippen LogP) is 5.29. The molecule has 21 heavy (non-hydrogen) atoms. The molecule has 0 aliphatic rings. The lowest BCUT2D eigenvalue weighted by Gasteiger charge is -2.16. The van der Waals surface area contributed by atoms with Crippen molar-refractivity contribution in [2.75, 3.05) is 12.4 Å². The SMILES string of the molecule is CCC(C)c1ccc(OCC(CS)c2ccccc2)cc1. The lowest BCUT2D eigenvalue weighted by molar-refractivity contribution is 0.297.